The van der Waals surface area contributed by atoms with Crippen molar-refractivity contribution in [1.82, 2.24) is 14.8 Å². The van der Waals surface area contributed by atoms with E-state index in [-0.39, 0.29) is 5.91 Å². The van der Waals surface area contributed by atoms with Crippen molar-refractivity contribution in [3.05, 3.63) is 23.9 Å². The van der Waals surface area contributed by atoms with E-state index in [2.05, 4.69) is 28.9 Å². The number of carbonyl (C=O) groups is 1. The van der Waals surface area contributed by atoms with Crippen LogP contribution in [-0.2, 0) is 4.74 Å². The molecular formula is C17H26N4O2. The summed E-state index contributed by atoms with van der Waals surface area (Å²) in [6.07, 6.45) is 4.13. The molecule has 6 heteroatoms. The highest BCUT2D eigenvalue weighted by molar-refractivity contribution is 5.94. The van der Waals surface area contributed by atoms with Crippen LogP contribution in [0.1, 0.15) is 23.2 Å². The van der Waals surface area contributed by atoms with Crippen LogP contribution in [0.2, 0.25) is 0 Å². The minimum atomic E-state index is 0.0816. The maximum atomic E-state index is 12.6. The van der Waals surface area contributed by atoms with Crippen molar-refractivity contribution >= 4 is 11.7 Å². The maximum absolute atomic E-state index is 12.6. The van der Waals surface area contributed by atoms with Crippen molar-refractivity contribution in [3.8, 4) is 0 Å². The lowest BCUT2D eigenvalue weighted by molar-refractivity contribution is 0.0303. The molecule has 126 valence electrons. The first kappa shape index (κ1) is 16.2. The molecule has 2 fully saturated rings. The number of anilines is 1. The summed E-state index contributed by atoms with van der Waals surface area (Å²) in [5.74, 6) is 0.994. The molecule has 0 spiro atoms. The first-order chi connectivity index (χ1) is 11.1. The second kappa shape index (κ2) is 7.27. The van der Waals surface area contributed by atoms with Gasteiger partial charge in [0.1, 0.15) is 5.82 Å². The molecule has 0 saturated carbocycles. The van der Waals surface area contributed by atoms with Crippen LogP contribution >= 0.6 is 0 Å². The Morgan fingerprint density at radius 1 is 1.30 bits per heavy atom. The topological polar surface area (TPSA) is 48.9 Å². The number of piperidine rings is 1. The first-order valence-electron chi connectivity index (χ1n) is 8.39. The van der Waals surface area contributed by atoms with E-state index >= 15 is 0 Å². The number of nitrogens with zero attached hydrogens (tertiary/aromatic N) is 4. The quantitative estimate of drug-likeness (QED) is 0.835. The number of likely N-dealkylation sites (N-methyl/N-ethyl adjacent to an activating group) is 1. The second-order valence-corrected chi connectivity index (χ2v) is 6.51. The number of carbonyl (C=O) groups excluding carboxylic acids is 1. The predicted octanol–water partition coefficient (Wildman–Crippen LogP) is 1.08. The molecular weight excluding hydrogens is 292 g/mol. The molecule has 2 aliphatic rings. The fraction of sp³-hybridized carbons (Fsp3) is 0.647. The molecule has 1 amide bonds. The van der Waals surface area contributed by atoms with E-state index in [0.29, 0.717) is 32.3 Å². The summed E-state index contributed by atoms with van der Waals surface area (Å²) in [5.41, 5.74) is 0.726. The van der Waals surface area contributed by atoms with Gasteiger partial charge in [-0.15, -0.1) is 0 Å². The SMILES string of the molecule is CN(C)C1CCCN(c2cc(C(=O)N3CCOCC3)ccn2)C1. The molecule has 1 unspecified atom stereocenters. The van der Waals surface area contributed by atoms with Gasteiger partial charge in [0.2, 0.25) is 0 Å². The standard InChI is InChI=1S/C17H26N4O2/c1-19(2)15-4-3-7-21(13-15)16-12-14(5-6-18-16)17(22)20-8-10-23-11-9-20/h5-6,12,15H,3-4,7-11,13H2,1-2H3. The van der Waals surface area contributed by atoms with Crippen LogP contribution < -0.4 is 4.90 Å². The summed E-state index contributed by atoms with van der Waals surface area (Å²) in [6, 6.07) is 4.30. The summed E-state index contributed by atoms with van der Waals surface area (Å²) in [6.45, 7) is 4.56. The van der Waals surface area contributed by atoms with E-state index in [4.69, 9.17) is 4.74 Å². The minimum absolute atomic E-state index is 0.0816. The Balaban J connectivity index is 1.72. The molecule has 0 bridgehead atoms. The lowest BCUT2D eigenvalue weighted by Crippen LogP contribution is -2.45. The summed E-state index contributed by atoms with van der Waals surface area (Å²) in [5, 5.41) is 0. The van der Waals surface area contributed by atoms with Crippen molar-refractivity contribution < 1.29 is 9.53 Å². The molecule has 0 radical (unpaired) electrons. The van der Waals surface area contributed by atoms with Gasteiger partial charge < -0.3 is 19.4 Å². The van der Waals surface area contributed by atoms with Gasteiger partial charge in [-0.3, -0.25) is 4.79 Å². The molecule has 0 aromatic carbocycles. The number of aromatic nitrogens is 1. The van der Waals surface area contributed by atoms with Crippen molar-refractivity contribution in [2.24, 2.45) is 0 Å². The molecule has 1 atom stereocenters. The third-order valence-electron chi connectivity index (χ3n) is 4.74. The van der Waals surface area contributed by atoms with E-state index in [1.165, 1.54) is 6.42 Å². The monoisotopic (exact) mass is 318 g/mol. The van der Waals surface area contributed by atoms with E-state index in [1.54, 1.807) is 6.20 Å². The molecule has 23 heavy (non-hydrogen) atoms. The van der Waals surface area contributed by atoms with E-state index < -0.39 is 0 Å². The average molecular weight is 318 g/mol. The van der Waals surface area contributed by atoms with E-state index in [1.807, 2.05) is 17.0 Å². The van der Waals surface area contributed by atoms with Gasteiger partial charge in [0.05, 0.1) is 13.2 Å². The Morgan fingerprint density at radius 2 is 2.09 bits per heavy atom. The highest BCUT2D eigenvalue weighted by atomic mass is 16.5. The Morgan fingerprint density at radius 3 is 2.83 bits per heavy atom. The van der Waals surface area contributed by atoms with Crippen molar-refractivity contribution in [2.45, 2.75) is 18.9 Å². The summed E-state index contributed by atoms with van der Waals surface area (Å²) < 4.78 is 5.32. The fourth-order valence-electron chi connectivity index (χ4n) is 3.26. The highest BCUT2D eigenvalue weighted by Crippen LogP contribution is 2.21. The van der Waals surface area contributed by atoms with Crippen molar-refractivity contribution in [2.75, 3.05) is 58.4 Å². The first-order valence-corrected chi connectivity index (χ1v) is 8.39. The zero-order chi connectivity index (χ0) is 16.2. The zero-order valence-electron chi connectivity index (χ0n) is 14.1. The van der Waals surface area contributed by atoms with Crippen LogP contribution in [-0.4, -0.2) is 80.2 Å². The van der Waals surface area contributed by atoms with Crippen LogP contribution in [0.25, 0.3) is 0 Å². The third kappa shape index (κ3) is 3.82. The van der Waals surface area contributed by atoms with Crippen molar-refractivity contribution in [1.29, 1.82) is 0 Å². The number of ether oxygens (including phenoxy) is 1. The van der Waals surface area contributed by atoms with Gasteiger partial charge in [0.25, 0.3) is 5.91 Å². The number of morpholine rings is 1. The minimum Gasteiger partial charge on any atom is -0.378 e. The van der Waals surface area contributed by atoms with Crippen LogP contribution in [0.5, 0.6) is 0 Å². The average Bonchev–Trinajstić information content (AvgIpc) is 2.62. The van der Waals surface area contributed by atoms with Crippen LogP contribution in [0.4, 0.5) is 5.82 Å². The number of hydrogen-bond donors (Lipinski definition) is 0. The zero-order valence-corrected chi connectivity index (χ0v) is 14.1. The second-order valence-electron chi connectivity index (χ2n) is 6.51. The molecule has 2 saturated heterocycles. The lowest BCUT2D eigenvalue weighted by Gasteiger charge is -2.37. The highest BCUT2D eigenvalue weighted by Gasteiger charge is 2.24. The fourth-order valence-corrected chi connectivity index (χ4v) is 3.26. The van der Waals surface area contributed by atoms with Crippen LogP contribution in [0.15, 0.2) is 18.3 Å². The molecule has 0 N–H and O–H groups in total. The Kier molecular flexibility index (Phi) is 5.13. The van der Waals surface area contributed by atoms with Gasteiger partial charge in [0, 0.05) is 44.0 Å². The lowest BCUT2D eigenvalue weighted by atomic mass is 10.0. The van der Waals surface area contributed by atoms with Gasteiger partial charge in [-0.1, -0.05) is 0 Å². The Labute approximate surface area is 138 Å². The van der Waals surface area contributed by atoms with E-state index in [9.17, 15) is 4.79 Å². The smallest absolute Gasteiger partial charge is 0.254 e. The van der Waals surface area contributed by atoms with Crippen molar-refractivity contribution in [3.63, 3.8) is 0 Å². The largest absolute Gasteiger partial charge is 0.378 e. The number of pyridine rings is 1. The molecule has 0 aliphatic carbocycles. The molecule has 3 rings (SSSR count). The van der Waals surface area contributed by atoms with Crippen LogP contribution in [0, 0.1) is 0 Å². The number of rotatable bonds is 3. The Hall–Kier alpha value is -1.66. The number of hydrogen-bond acceptors (Lipinski definition) is 5. The molecule has 6 nitrogen and oxygen atoms in total. The maximum Gasteiger partial charge on any atom is 0.254 e. The normalized spacial score (nSPS) is 22.5. The predicted molar refractivity (Wildman–Crippen MR) is 89.9 cm³/mol. The van der Waals surface area contributed by atoms with Gasteiger partial charge in [0.15, 0.2) is 0 Å². The van der Waals surface area contributed by atoms with Gasteiger partial charge in [-0.05, 0) is 39.1 Å². The van der Waals surface area contributed by atoms with Gasteiger partial charge >= 0.3 is 0 Å². The van der Waals surface area contributed by atoms with Crippen LogP contribution in [0.3, 0.4) is 0 Å². The molecule has 1 aromatic heterocycles. The number of amides is 1. The summed E-state index contributed by atoms with van der Waals surface area (Å²) in [7, 11) is 4.25. The molecule has 3 heterocycles. The van der Waals surface area contributed by atoms with E-state index in [0.717, 1.165) is 30.9 Å². The summed E-state index contributed by atoms with van der Waals surface area (Å²) >= 11 is 0. The van der Waals surface area contributed by atoms with Gasteiger partial charge in [-0.2, -0.15) is 0 Å². The molecule has 1 aromatic rings. The van der Waals surface area contributed by atoms with Gasteiger partial charge in [-0.25, -0.2) is 4.98 Å². The summed E-state index contributed by atoms with van der Waals surface area (Å²) in [4.78, 5) is 23.6. The molecule has 2 aliphatic heterocycles. The third-order valence-corrected chi connectivity index (χ3v) is 4.74. The Bertz CT molecular complexity index is 543.